The van der Waals surface area contributed by atoms with Crippen molar-refractivity contribution in [1.29, 1.82) is 0 Å². The van der Waals surface area contributed by atoms with Crippen molar-refractivity contribution in [3.05, 3.63) is 47.8 Å². The summed E-state index contributed by atoms with van der Waals surface area (Å²) in [5.41, 5.74) is 2.25. The molecular formula is C18H24N4O2. The number of aryl methyl sites for hydroxylation is 1. The molecule has 0 unspecified atom stereocenters. The second-order valence-corrected chi connectivity index (χ2v) is 6.23. The van der Waals surface area contributed by atoms with E-state index in [2.05, 4.69) is 10.00 Å². The summed E-state index contributed by atoms with van der Waals surface area (Å²) in [6.45, 7) is 4.84. The zero-order valence-electron chi connectivity index (χ0n) is 14.5. The van der Waals surface area contributed by atoms with Gasteiger partial charge in [-0.1, -0.05) is 18.2 Å². The van der Waals surface area contributed by atoms with Crippen molar-refractivity contribution < 1.29 is 9.53 Å². The molecule has 6 nitrogen and oxygen atoms in total. The fraction of sp³-hybridized carbons (Fsp3) is 0.444. The molecule has 1 saturated heterocycles. The maximum Gasteiger partial charge on any atom is 0.220 e. The SMILES string of the molecule is COc1ccccc1[C@H]1CN(Cc2cnn(C)c2)CCN1C(C)=O. The Morgan fingerprint density at radius 3 is 2.79 bits per heavy atom. The van der Waals surface area contributed by atoms with Crippen LogP contribution in [-0.4, -0.2) is 52.2 Å². The number of methoxy groups -OCH3 is 1. The van der Waals surface area contributed by atoms with Gasteiger partial charge in [-0.3, -0.25) is 14.4 Å². The number of carbonyl (C=O) groups excluding carboxylic acids is 1. The van der Waals surface area contributed by atoms with Gasteiger partial charge in [-0.05, 0) is 6.07 Å². The van der Waals surface area contributed by atoms with Crippen LogP contribution in [0.4, 0.5) is 0 Å². The van der Waals surface area contributed by atoms with Gasteiger partial charge in [-0.25, -0.2) is 0 Å². The summed E-state index contributed by atoms with van der Waals surface area (Å²) in [4.78, 5) is 16.4. The Morgan fingerprint density at radius 2 is 2.12 bits per heavy atom. The molecule has 0 bridgehead atoms. The summed E-state index contributed by atoms with van der Waals surface area (Å²) < 4.78 is 7.33. The van der Waals surface area contributed by atoms with Gasteiger partial charge < -0.3 is 9.64 Å². The highest BCUT2D eigenvalue weighted by molar-refractivity contribution is 5.74. The summed E-state index contributed by atoms with van der Waals surface area (Å²) in [6, 6.07) is 7.96. The standard InChI is InChI=1S/C18H24N4O2/c1-14(23)22-9-8-21(12-15-10-19-20(2)11-15)13-17(22)16-6-4-5-7-18(16)24-3/h4-7,10-11,17H,8-9,12-13H2,1-3H3/t17-/m1/s1. The Hall–Kier alpha value is -2.34. The highest BCUT2D eigenvalue weighted by Gasteiger charge is 2.31. The molecule has 24 heavy (non-hydrogen) atoms. The Morgan fingerprint density at radius 1 is 1.33 bits per heavy atom. The number of para-hydroxylation sites is 1. The van der Waals surface area contributed by atoms with Crippen LogP contribution in [0.25, 0.3) is 0 Å². The van der Waals surface area contributed by atoms with Gasteiger partial charge in [0.1, 0.15) is 5.75 Å². The Bertz CT molecular complexity index is 713. The van der Waals surface area contributed by atoms with Gasteiger partial charge in [0.15, 0.2) is 0 Å². The molecule has 1 amide bonds. The minimum Gasteiger partial charge on any atom is -0.496 e. The van der Waals surface area contributed by atoms with Crippen LogP contribution >= 0.6 is 0 Å². The molecule has 1 fully saturated rings. The molecule has 0 aliphatic carbocycles. The Labute approximate surface area is 142 Å². The second-order valence-electron chi connectivity index (χ2n) is 6.23. The Kier molecular flexibility index (Phi) is 4.85. The van der Waals surface area contributed by atoms with Crippen molar-refractivity contribution in [2.24, 2.45) is 7.05 Å². The highest BCUT2D eigenvalue weighted by Crippen LogP contribution is 2.32. The number of benzene rings is 1. The first-order valence-corrected chi connectivity index (χ1v) is 8.18. The molecule has 1 aromatic heterocycles. The van der Waals surface area contributed by atoms with Crippen LogP contribution in [0.3, 0.4) is 0 Å². The molecule has 0 saturated carbocycles. The van der Waals surface area contributed by atoms with E-state index in [1.54, 1.807) is 14.0 Å². The van der Waals surface area contributed by atoms with Crippen LogP contribution in [0.1, 0.15) is 24.1 Å². The Balaban J connectivity index is 1.83. The van der Waals surface area contributed by atoms with Crippen LogP contribution in [0, 0.1) is 0 Å². The molecule has 0 spiro atoms. The maximum atomic E-state index is 12.1. The van der Waals surface area contributed by atoms with Crippen molar-refractivity contribution >= 4 is 5.91 Å². The second kappa shape index (κ2) is 7.05. The molecule has 2 aromatic rings. The average Bonchev–Trinajstić information content (AvgIpc) is 2.99. The molecule has 2 heterocycles. The maximum absolute atomic E-state index is 12.1. The van der Waals surface area contributed by atoms with Crippen LogP contribution in [-0.2, 0) is 18.4 Å². The monoisotopic (exact) mass is 328 g/mol. The predicted molar refractivity (Wildman–Crippen MR) is 91.6 cm³/mol. The van der Waals surface area contributed by atoms with E-state index >= 15 is 0 Å². The minimum absolute atomic E-state index is 0.00377. The third kappa shape index (κ3) is 3.43. The molecule has 1 atom stereocenters. The number of hydrogen-bond acceptors (Lipinski definition) is 4. The number of hydrogen-bond donors (Lipinski definition) is 0. The fourth-order valence-electron chi connectivity index (χ4n) is 3.38. The largest absolute Gasteiger partial charge is 0.496 e. The van der Waals surface area contributed by atoms with Gasteiger partial charge in [0.25, 0.3) is 0 Å². The van der Waals surface area contributed by atoms with E-state index in [4.69, 9.17) is 4.74 Å². The van der Waals surface area contributed by atoms with E-state index in [1.807, 2.05) is 53.3 Å². The van der Waals surface area contributed by atoms with E-state index in [1.165, 1.54) is 5.56 Å². The number of ether oxygens (including phenoxy) is 1. The summed E-state index contributed by atoms with van der Waals surface area (Å²) in [5.74, 6) is 0.934. The summed E-state index contributed by atoms with van der Waals surface area (Å²) in [5, 5.41) is 4.24. The molecule has 0 N–H and O–H groups in total. The topological polar surface area (TPSA) is 50.6 Å². The van der Waals surface area contributed by atoms with Crippen molar-refractivity contribution in [2.75, 3.05) is 26.7 Å². The molecule has 0 radical (unpaired) electrons. The number of carbonyl (C=O) groups is 1. The average molecular weight is 328 g/mol. The first-order valence-electron chi connectivity index (χ1n) is 8.18. The van der Waals surface area contributed by atoms with Gasteiger partial charge in [0.2, 0.25) is 5.91 Å². The number of amides is 1. The van der Waals surface area contributed by atoms with E-state index in [-0.39, 0.29) is 11.9 Å². The number of aromatic nitrogens is 2. The van der Waals surface area contributed by atoms with Crippen molar-refractivity contribution in [3.8, 4) is 5.75 Å². The lowest BCUT2D eigenvalue weighted by Crippen LogP contribution is -2.49. The van der Waals surface area contributed by atoms with Gasteiger partial charge >= 0.3 is 0 Å². The normalized spacial score (nSPS) is 18.6. The summed E-state index contributed by atoms with van der Waals surface area (Å²) in [6.07, 6.45) is 3.94. The molecule has 1 aromatic carbocycles. The molecular weight excluding hydrogens is 304 g/mol. The van der Waals surface area contributed by atoms with Gasteiger partial charge in [-0.2, -0.15) is 5.10 Å². The lowest BCUT2D eigenvalue weighted by Gasteiger charge is -2.41. The first kappa shape index (κ1) is 16.5. The van der Waals surface area contributed by atoms with E-state index in [9.17, 15) is 4.79 Å². The van der Waals surface area contributed by atoms with E-state index in [0.717, 1.165) is 37.5 Å². The zero-order valence-corrected chi connectivity index (χ0v) is 14.5. The minimum atomic E-state index is 0.00377. The van der Waals surface area contributed by atoms with Gasteiger partial charge in [-0.15, -0.1) is 0 Å². The van der Waals surface area contributed by atoms with Crippen LogP contribution in [0.2, 0.25) is 0 Å². The van der Waals surface area contributed by atoms with Crippen molar-refractivity contribution in [2.45, 2.75) is 19.5 Å². The number of rotatable bonds is 4. The summed E-state index contributed by atoms with van der Waals surface area (Å²) in [7, 11) is 3.60. The van der Waals surface area contributed by atoms with E-state index < -0.39 is 0 Å². The summed E-state index contributed by atoms with van der Waals surface area (Å²) >= 11 is 0. The van der Waals surface area contributed by atoms with Gasteiger partial charge in [0.05, 0.1) is 19.3 Å². The van der Waals surface area contributed by atoms with E-state index in [0.29, 0.717) is 0 Å². The first-order chi connectivity index (χ1) is 11.6. The molecule has 128 valence electrons. The van der Waals surface area contributed by atoms with Crippen molar-refractivity contribution in [3.63, 3.8) is 0 Å². The molecule has 3 rings (SSSR count). The zero-order chi connectivity index (χ0) is 17.1. The van der Waals surface area contributed by atoms with Crippen LogP contribution in [0.15, 0.2) is 36.7 Å². The smallest absolute Gasteiger partial charge is 0.220 e. The highest BCUT2D eigenvalue weighted by atomic mass is 16.5. The predicted octanol–water partition coefficient (Wildman–Crippen LogP) is 1.83. The third-order valence-corrected chi connectivity index (χ3v) is 4.53. The number of nitrogens with zero attached hydrogens (tertiary/aromatic N) is 4. The molecule has 1 aliphatic heterocycles. The van der Waals surface area contributed by atoms with Crippen LogP contribution in [0.5, 0.6) is 5.75 Å². The lowest BCUT2D eigenvalue weighted by atomic mass is 10.0. The molecule has 6 heteroatoms. The lowest BCUT2D eigenvalue weighted by molar-refractivity contribution is -0.134. The number of piperazine rings is 1. The van der Waals surface area contributed by atoms with Crippen molar-refractivity contribution in [1.82, 2.24) is 19.6 Å². The third-order valence-electron chi connectivity index (χ3n) is 4.53. The fourth-order valence-corrected chi connectivity index (χ4v) is 3.38. The quantitative estimate of drug-likeness (QED) is 0.859. The molecule has 1 aliphatic rings. The van der Waals surface area contributed by atoms with Crippen LogP contribution < -0.4 is 4.74 Å². The van der Waals surface area contributed by atoms with Gasteiger partial charge in [0, 0.05) is 57.5 Å².